The predicted octanol–water partition coefficient (Wildman–Crippen LogP) is 1.12. The zero-order chi connectivity index (χ0) is 14.2. The van der Waals surface area contributed by atoms with Crippen molar-refractivity contribution < 1.29 is 14.7 Å². The number of hydrogen-bond donors (Lipinski definition) is 1. The van der Waals surface area contributed by atoms with Crippen LogP contribution in [-0.4, -0.2) is 44.3 Å². The van der Waals surface area contributed by atoms with Crippen molar-refractivity contribution in [1.29, 1.82) is 0 Å². The third kappa shape index (κ3) is 2.34. The van der Waals surface area contributed by atoms with Crippen molar-refractivity contribution in [3.63, 3.8) is 0 Å². The second-order valence-electron chi connectivity index (χ2n) is 5.02. The summed E-state index contributed by atoms with van der Waals surface area (Å²) in [5.41, 5.74) is 1.97. The number of aromatic nitrogens is 2. The van der Waals surface area contributed by atoms with Crippen molar-refractivity contribution in [1.82, 2.24) is 14.7 Å². The molecule has 0 unspecified atom stereocenters. The molecule has 2 rings (SSSR count). The Labute approximate surface area is 112 Å². The van der Waals surface area contributed by atoms with Gasteiger partial charge >= 0.3 is 5.97 Å². The van der Waals surface area contributed by atoms with Crippen LogP contribution in [0.5, 0.6) is 0 Å². The number of aliphatic carboxylic acids is 1. The molecular weight excluding hydrogens is 246 g/mol. The standard InChI is InChI=1S/C13H19N3O3/c1-8-11(9(2)15(3)14-8)12(17)16-7-5-4-6-10(16)13(18)19/h10H,4-7H2,1-3H3,(H,18,19)/t10-/m0/s1. The van der Waals surface area contributed by atoms with Gasteiger partial charge in [-0.3, -0.25) is 9.48 Å². The maximum absolute atomic E-state index is 12.6. The van der Waals surface area contributed by atoms with Gasteiger partial charge in [-0.05, 0) is 33.1 Å². The third-order valence-corrected chi connectivity index (χ3v) is 3.77. The Bertz CT molecular complexity index is 521. The third-order valence-electron chi connectivity index (χ3n) is 3.77. The molecular formula is C13H19N3O3. The van der Waals surface area contributed by atoms with E-state index in [9.17, 15) is 14.7 Å². The van der Waals surface area contributed by atoms with E-state index in [0.29, 0.717) is 24.2 Å². The summed E-state index contributed by atoms with van der Waals surface area (Å²) < 4.78 is 1.66. The maximum Gasteiger partial charge on any atom is 0.326 e. The fourth-order valence-corrected chi connectivity index (χ4v) is 2.66. The Hall–Kier alpha value is -1.85. The summed E-state index contributed by atoms with van der Waals surface area (Å²) in [5.74, 6) is -1.14. The molecule has 1 atom stereocenters. The Morgan fingerprint density at radius 1 is 1.32 bits per heavy atom. The molecule has 1 N–H and O–H groups in total. The molecule has 0 saturated carbocycles. The summed E-state index contributed by atoms with van der Waals surface area (Å²) in [7, 11) is 1.78. The molecule has 1 aromatic rings. The summed E-state index contributed by atoms with van der Waals surface area (Å²) >= 11 is 0. The van der Waals surface area contributed by atoms with E-state index in [0.717, 1.165) is 18.5 Å². The molecule has 6 nitrogen and oxygen atoms in total. The van der Waals surface area contributed by atoms with Gasteiger partial charge in [0.1, 0.15) is 6.04 Å². The maximum atomic E-state index is 12.6. The van der Waals surface area contributed by atoms with E-state index in [2.05, 4.69) is 5.10 Å². The van der Waals surface area contributed by atoms with Crippen LogP contribution in [0.25, 0.3) is 0 Å². The van der Waals surface area contributed by atoms with Gasteiger partial charge in [-0.25, -0.2) is 4.79 Å². The Morgan fingerprint density at radius 2 is 2.00 bits per heavy atom. The molecule has 0 aliphatic carbocycles. The summed E-state index contributed by atoms with van der Waals surface area (Å²) in [4.78, 5) is 25.3. The van der Waals surface area contributed by atoms with Crippen LogP contribution >= 0.6 is 0 Å². The molecule has 1 aliphatic heterocycles. The van der Waals surface area contributed by atoms with Crippen molar-refractivity contribution in [2.75, 3.05) is 6.54 Å². The Balaban J connectivity index is 2.34. The van der Waals surface area contributed by atoms with Crippen LogP contribution in [0.3, 0.4) is 0 Å². The number of amides is 1. The van der Waals surface area contributed by atoms with Crippen molar-refractivity contribution in [2.24, 2.45) is 7.05 Å². The molecule has 1 saturated heterocycles. The number of likely N-dealkylation sites (tertiary alicyclic amines) is 1. The van der Waals surface area contributed by atoms with Crippen molar-refractivity contribution in [3.05, 3.63) is 17.0 Å². The lowest BCUT2D eigenvalue weighted by molar-refractivity contribution is -0.143. The number of carboxylic acid groups (broad SMARTS) is 1. The van der Waals surface area contributed by atoms with Gasteiger partial charge in [0.25, 0.3) is 5.91 Å². The lowest BCUT2D eigenvalue weighted by Crippen LogP contribution is -2.48. The number of carbonyl (C=O) groups is 2. The van der Waals surface area contributed by atoms with Gasteiger partial charge in [0.15, 0.2) is 0 Å². The molecule has 19 heavy (non-hydrogen) atoms. The topological polar surface area (TPSA) is 75.4 Å². The minimum Gasteiger partial charge on any atom is -0.480 e. The lowest BCUT2D eigenvalue weighted by atomic mass is 10.0. The molecule has 6 heteroatoms. The molecule has 1 aliphatic rings. The fourth-order valence-electron chi connectivity index (χ4n) is 2.66. The number of piperidine rings is 1. The molecule has 2 heterocycles. The number of carboxylic acids is 1. The average molecular weight is 265 g/mol. The smallest absolute Gasteiger partial charge is 0.326 e. The van der Waals surface area contributed by atoms with Gasteiger partial charge < -0.3 is 10.0 Å². The fraction of sp³-hybridized carbons (Fsp3) is 0.615. The first-order valence-electron chi connectivity index (χ1n) is 6.47. The minimum atomic E-state index is -0.924. The molecule has 1 aromatic heterocycles. The second-order valence-corrected chi connectivity index (χ2v) is 5.02. The molecule has 0 aromatic carbocycles. The van der Waals surface area contributed by atoms with E-state index in [1.165, 1.54) is 4.90 Å². The largest absolute Gasteiger partial charge is 0.480 e. The summed E-state index contributed by atoms with van der Waals surface area (Å²) in [6, 6.07) is -0.708. The number of aryl methyl sites for hydroxylation is 2. The SMILES string of the molecule is Cc1nn(C)c(C)c1C(=O)N1CCCC[C@H]1C(=O)O. The predicted molar refractivity (Wildman–Crippen MR) is 69.0 cm³/mol. The normalized spacial score (nSPS) is 19.5. The van der Waals surface area contributed by atoms with Gasteiger partial charge in [-0.1, -0.05) is 0 Å². The molecule has 104 valence electrons. The van der Waals surface area contributed by atoms with Gasteiger partial charge in [0.2, 0.25) is 0 Å². The lowest BCUT2D eigenvalue weighted by Gasteiger charge is -2.33. The van der Waals surface area contributed by atoms with Crippen LogP contribution < -0.4 is 0 Å². The zero-order valence-electron chi connectivity index (χ0n) is 11.5. The Morgan fingerprint density at radius 3 is 2.53 bits per heavy atom. The van der Waals surface area contributed by atoms with Gasteiger partial charge in [-0.15, -0.1) is 0 Å². The van der Waals surface area contributed by atoms with E-state index >= 15 is 0 Å². The number of nitrogens with zero attached hydrogens (tertiary/aromatic N) is 3. The van der Waals surface area contributed by atoms with Gasteiger partial charge in [0.05, 0.1) is 11.3 Å². The van der Waals surface area contributed by atoms with E-state index in [4.69, 9.17) is 0 Å². The van der Waals surface area contributed by atoms with E-state index in [1.807, 2.05) is 6.92 Å². The van der Waals surface area contributed by atoms with Crippen LogP contribution in [0.1, 0.15) is 41.0 Å². The molecule has 0 radical (unpaired) electrons. The van der Waals surface area contributed by atoms with Crippen LogP contribution in [0, 0.1) is 13.8 Å². The number of rotatable bonds is 2. The highest BCUT2D eigenvalue weighted by Gasteiger charge is 2.34. The van der Waals surface area contributed by atoms with Crippen molar-refractivity contribution in [2.45, 2.75) is 39.2 Å². The quantitative estimate of drug-likeness (QED) is 0.869. The van der Waals surface area contributed by atoms with E-state index < -0.39 is 12.0 Å². The molecule has 0 spiro atoms. The van der Waals surface area contributed by atoms with E-state index in [1.54, 1.807) is 18.7 Å². The van der Waals surface area contributed by atoms with Crippen LogP contribution in [0.2, 0.25) is 0 Å². The van der Waals surface area contributed by atoms with Crippen LogP contribution in [-0.2, 0) is 11.8 Å². The first-order chi connectivity index (χ1) is 8.93. The highest BCUT2D eigenvalue weighted by atomic mass is 16.4. The summed E-state index contributed by atoms with van der Waals surface area (Å²) in [5, 5.41) is 13.5. The highest BCUT2D eigenvalue weighted by molar-refractivity contribution is 5.98. The van der Waals surface area contributed by atoms with E-state index in [-0.39, 0.29) is 5.91 Å². The first kappa shape index (κ1) is 13.6. The number of carbonyl (C=O) groups excluding carboxylic acids is 1. The Kier molecular flexibility index (Phi) is 3.59. The van der Waals surface area contributed by atoms with Crippen molar-refractivity contribution >= 4 is 11.9 Å². The summed E-state index contributed by atoms with van der Waals surface area (Å²) in [6.07, 6.45) is 2.24. The molecule has 1 amide bonds. The first-order valence-corrected chi connectivity index (χ1v) is 6.47. The summed E-state index contributed by atoms with van der Waals surface area (Å²) in [6.45, 7) is 4.11. The monoisotopic (exact) mass is 265 g/mol. The second kappa shape index (κ2) is 5.03. The average Bonchev–Trinajstić information content (AvgIpc) is 2.62. The van der Waals surface area contributed by atoms with Gasteiger partial charge in [0, 0.05) is 19.3 Å². The van der Waals surface area contributed by atoms with Gasteiger partial charge in [-0.2, -0.15) is 5.10 Å². The zero-order valence-corrected chi connectivity index (χ0v) is 11.5. The molecule has 1 fully saturated rings. The number of hydrogen-bond acceptors (Lipinski definition) is 3. The minimum absolute atomic E-state index is 0.213. The van der Waals surface area contributed by atoms with Crippen molar-refractivity contribution in [3.8, 4) is 0 Å². The highest BCUT2D eigenvalue weighted by Crippen LogP contribution is 2.22. The van der Waals surface area contributed by atoms with Crippen LogP contribution in [0.15, 0.2) is 0 Å². The molecule has 0 bridgehead atoms. The van der Waals surface area contributed by atoms with Crippen LogP contribution in [0.4, 0.5) is 0 Å².